The summed E-state index contributed by atoms with van der Waals surface area (Å²) in [6.45, 7) is 13.0. The number of nitrogens with one attached hydrogen (secondary N) is 1. The van der Waals surface area contributed by atoms with Crippen molar-refractivity contribution in [2.75, 3.05) is 13.1 Å². The molecule has 2 heteroatoms. The van der Waals surface area contributed by atoms with Crippen LogP contribution in [0.4, 0.5) is 0 Å². The second kappa shape index (κ2) is 6.95. The minimum Gasteiger partial charge on any atom is -0.461 e. The topological polar surface area (TPSA) is 25.2 Å². The highest BCUT2D eigenvalue weighted by atomic mass is 16.3. The molecular weight excluding hydrogens is 258 g/mol. The zero-order valence-electron chi connectivity index (χ0n) is 13.9. The zero-order chi connectivity index (χ0) is 15.4. The molecule has 1 aromatic heterocycles. The quantitative estimate of drug-likeness (QED) is 0.805. The molecule has 0 bridgehead atoms. The Morgan fingerprint density at radius 1 is 1.19 bits per heavy atom. The summed E-state index contributed by atoms with van der Waals surface area (Å²) in [7, 11) is 0. The third-order valence-electron chi connectivity index (χ3n) is 3.77. The van der Waals surface area contributed by atoms with Crippen LogP contribution in [0.15, 0.2) is 34.3 Å². The molecule has 0 fully saturated rings. The largest absolute Gasteiger partial charge is 0.461 e. The molecule has 114 valence electrons. The van der Waals surface area contributed by atoms with Crippen molar-refractivity contribution in [2.24, 2.45) is 11.8 Å². The molecule has 0 radical (unpaired) electrons. The second-order valence-corrected chi connectivity index (χ2v) is 6.47. The SMILES string of the molecule is Cc1oc2ccccc2c1/C=C(/CNCC(C)C)C(C)C. The van der Waals surface area contributed by atoms with Gasteiger partial charge in [0.2, 0.25) is 0 Å². The highest BCUT2D eigenvalue weighted by Gasteiger charge is 2.11. The van der Waals surface area contributed by atoms with Crippen molar-refractivity contribution in [3.63, 3.8) is 0 Å². The minimum absolute atomic E-state index is 0.526. The molecule has 2 rings (SSSR count). The van der Waals surface area contributed by atoms with Crippen LogP contribution in [0.5, 0.6) is 0 Å². The number of hydrogen-bond acceptors (Lipinski definition) is 2. The molecule has 0 amide bonds. The summed E-state index contributed by atoms with van der Waals surface area (Å²) in [5.74, 6) is 2.20. The molecule has 0 aliphatic rings. The van der Waals surface area contributed by atoms with Gasteiger partial charge in [0.1, 0.15) is 11.3 Å². The smallest absolute Gasteiger partial charge is 0.134 e. The van der Waals surface area contributed by atoms with Gasteiger partial charge >= 0.3 is 0 Å². The maximum atomic E-state index is 5.86. The third-order valence-corrected chi connectivity index (χ3v) is 3.77. The molecule has 0 spiro atoms. The van der Waals surface area contributed by atoms with E-state index in [0.717, 1.165) is 24.4 Å². The van der Waals surface area contributed by atoms with Crippen molar-refractivity contribution in [3.05, 3.63) is 41.2 Å². The molecule has 2 aromatic rings. The van der Waals surface area contributed by atoms with Crippen LogP contribution in [0.1, 0.15) is 39.0 Å². The van der Waals surface area contributed by atoms with Crippen molar-refractivity contribution in [1.29, 1.82) is 0 Å². The van der Waals surface area contributed by atoms with E-state index in [9.17, 15) is 0 Å². The summed E-state index contributed by atoms with van der Waals surface area (Å²) in [5, 5.41) is 4.75. The molecule has 1 N–H and O–H groups in total. The van der Waals surface area contributed by atoms with E-state index >= 15 is 0 Å². The molecule has 0 aliphatic carbocycles. The van der Waals surface area contributed by atoms with Gasteiger partial charge in [-0.05, 0) is 31.4 Å². The Balaban J connectivity index is 2.29. The van der Waals surface area contributed by atoms with E-state index in [2.05, 4.69) is 51.2 Å². The molecule has 1 aromatic carbocycles. The fraction of sp³-hybridized carbons (Fsp3) is 0.474. The summed E-state index contributed by atoms with van der Waals surface area (Å²) in [6.07, 6.45) is 2.30. The van der Waals surface area contributed by atoms with Gasteiger partial charge in [0, 0.05) is 17.5 Å². The Morgan fingerprint density at radius 2 is 1.90 bits per heavy atom. The van der Waals surface area contributed by atoms with Crippen LogP contribution in [0.25, 0.3) is 17.0 Å². The predicted molar refractivity (Wildman–Crippen MR) is 91.5 cm³/mol. The average molecular weight is 285 g/mol. The molecule has 1 heterocycles. The third kappa shape index (κ3) is 3.98. The Labute approximate surface area is 128 Å². The lowest BCUT2D eigenvalue weighted by Crippen LogP contribution is -2.23. The first-order valence-electron chi connectivity index (χ1n) is 7.88. The van der Waals surface area contributed by atoms with Crippen LogP contribution < -0.4 is 5.32 Å². The van der Waals surface area contributed by atoms with Crippen molar-refractivity contribution in [1.82, 2.24) is 5.32 Å². The normalized spacial score (nSPS) is 12.8. The lowest BCUT2D eigenvalue weighted by molar-refractivity contribution is 0.558. The highest BCUT2D eigenvalue weighted by molar-refractivity contribution is 5.88. The Kier molecular flexibility index (Phi) is 5.24. The van der Waals surface area contributed by atoms with Crippen LogP contribution in [0.3, 0.4) is 0 Å². The van der Waals surface area contributed by atoms with Gasteiger partial charge in [0.15, 0.2) is 0 Å². The monoisotopic (exact) mass is 285 g/mol. The summed E-state index contributed by atoms with van der Waals surface area (Å²) >= 11 is 0. The fourth-order valence-corrected chi connectivity index (χ4v) is 2.48. The summed E-state index contributed by atoms with van der Waals surface area (Å²) < 4.78 is 5.86. The number of aryl methyl sites for hydroxylation is 1. The predicted octanol–water partition coefficient (Wildman–Crippen LogP) is 5.03. The molecule has 0 aliphatic heterocycles. The van der Waals surface area contributed by atoms with Crippen LogP contribution >= 0.6 is 0 Å². The van der Waals surface area contributed by atoms with Gasteiger partial charge in [-0.1, -0.05) is 57.5 Å². The van der Waals surface area contributed by atoms with Gasteiger partial charge in [-0.15, -0.1) is 0 Å². The van der Waals surface area contributed by atoms with Gasteiger partial charge < -0.3 is 9.73 Å². The van der Waals surface area contributed by atoms with Gasteiger partial charge in [-0.3, -0.25) is 0 Å². The summed E-state index contributed by atoms with van der Waals surface area (Å²) in [6, 6.07) is 8.26. The lowest BCUT2D eigenvalue weighted by atomic mass is 9.98. The van der Waals surface area contributed by atoms with E-state index in [1.807, 2.05) is 19.1 Å². The Bertz CT molecular complexity index is 620. The van der Waals surface area contributed by atoms with Crippen molar-refractivity contribution in [2.45, 2.75) is 34.6 Å². The van der Waals surface area contributed by atoms with Crippen molar-refractivity contribution < 1.29 is 4.42 Å². The van der Waals surface area contributed by atoms with E-state index in [1.54, 1.807) is 0 Å². The second-order valence-electron chi connectivity index (χ2n) is 6.47. The van der Waals surface area contributed by atoms with Crippen molar-refractivity contribution >= 4 is 17.0 Å². The standard InChI is InChI=1S/C19H27NO/c1-13(2)11-20-12-16(14(3)4)10-18-15(5)21-19-9-7-6-8-17(18)19/h6-10,13-14,20H,11-12H2,1-5H3/b16-10-. The van der Waals surface area contributed by atoms with Crippen LogP contribution in [0.2, 0.25) is 0 Å². The van der Waals surface area contributed by atoms with Gasteiger partial charge in [0.05, 0.1) is 0 Å². The first kappa shape index (κ1) is 15.8. The fourth-order valence-electron chi connectivity index (χ4n) is 2.48. The number of para-hydroxylation sites is 1. The van der Waals surface area contributed by atoms with Crippen molar-refractivity contribution in [3.8, 4) is 0 Å². The van der Waals surface area contributed by atoms with Gasteiger partial charge in [-0.25, -0.2) is 0 Å². The van der Waals surface area contributed by atoms with E-state index in [-0.39, 0.29) is 0 Å². The number of benzene rings is 1. The maximum Gasteiger partial charge on any atom is 0.134 e. The van der Waals surface area contributed by atoms with Crippen LogP contribution in [-0.2, 0) is 0 Å². The minimum atomic E-state index is 0.526. The summed E-state index contributed by atoms with van der Waals surface area (Å²) in [4.78, 5) is 0. The average Bonchev–Trinajstić information content (AvgIpc) is 2.73. The number of furan rings is 1. The van der Waals surface area contributed by atoms with E-state index in [4.69, 9.17) is 4.42 Å². The van der Waals surface area contributed by atoms with Crippen LogP contribution in [-0.4, -0.2) is 13.1 Å². The van der Waals surface area contributed by atoms with E-state index < -0.39 is 0 Å². The summed E-state index contributed by atoms with van der Waals surface area (Å²) in [5.41, 5.74) is 3.62. The molecule has 2 nitrogen and oxygen atoms in total. The van der Waals surface area contributed by atoms with Gasteiger partial charge in [0.25, 0.3) is 0 Å². The maximum absolute atomic E-state index is 5.86. The Morgan fingerprint density at radius 3 is 2.57 bits per heavy atom. The number of hydrogen-bond donors (Lipinski definition) is 1. The van der Waals surface area contributed by atoms with Crippen LogP contribution in [0, 0.1) is 18.8 Å². The van der Waals surface area contributed by atoms with E-state index in [1.165, 1.54) is 16.5 Å². The molecule has 0 unspecified atom stereocenters. The number of fused-ring (bicyclic) bond motifs is 1. The Hall–Kier alpha value is -1.54. The van der Waals surface area contributed by atoms with E-state index in [0.29, 0.717) is 11.8 Å². The first-order valence-corrected chi connectivity index (χ1v) is 7.88. The first-order chi connectivity index (χ1) is 9.99. The lowest BCUT2D eigenvalue weighted by Gasteiger charge is -2.14. The molecule has 0 atom stereocenters. The zero-order valence-corrected chi connectivity index (χ0v) is 13.9. The molecular formula is C19H27NO. The van der Waals surface area contributed by atoms with Gasteiger partial charge in [-0.2, -0.15) is 0 Å². The number of rotatable bonds is 6. The highest BCUT2D eigenvalue weighted by Crippen LogP contribution is 2.28. The molecule has 0 saturated carbocycles. The molecule has 0 saturated heterocycles. The molecule has 21 heavy (non-hydrogen) atoms.